The fourth-order valence-electron chi connectivity index (χ4n) is 2.83. The number of aromatic nitrogens is 2. The van der Waals surface area contributed by atoms with Crippen molar-refractivity contribution in [3.8, 4) is 0 Å². The van der Waals surface area contributed by atoms with E-state index in [9.17, 15) is 0 Å². The fraction of sp³-hybridized carbons (Fsp3) is 0.750. The highest BCUT2D eigenvalue weighted by atomic mass is 16.5. The molecule has 0 radical (unpaired) electrons. The van der Waals surface area contributed by atoms with E-state index in [2.05, 4.69) is 16.5 Å². The molecule has 0 aliphatic carbocycles. The van der Waals surface area contributed by atoms with Crippen LogP contribution in [0, 0.1) is 0 Å². The van der Waals surface area contributed by atoms with Crippen molar-refractivity contribution in [3.63, 3.8) is 0 Å². The van der Waals surface area contributed by atoms with Crippen molar-refractivity contribution < 1.29 is 4.74 Å². The summed E-state index contributed by atoms with van der Waals surface area (Å²) in [5, 5.41) is 0. The van der Waals surface area contributed by atoms with Gasteiger partial charge in [-0.2, -0.15) is 0 Å². The summed E-state index contributed by atoms with van der Waals surface area (Å²) in [6, 6.07) is 0.607. The van der Waals surface area contributed by atoms with Gasteiger partial charge < -0.3 is 9.30 Å². The Morgan fingerprint density at radius 3 is 3.13 bits per heavy atom. The molecule has 1 aromatic heterocycles. The molecule has 15 heavy (non-hydrogen) atoms. The summed E-state index contributed by atoms with van der Waals surface area (Å²) in [5.74, 6) is 1.18. The van der Waals surface area contributed by atoms with Gasteiger partial charge in [0.2, 0.25) is 0 Å². The van der Waals surface area contributed by atoms with Crippen LogP contribution in [0.1, 0.15) is 56.3 Å². The summed E-state index contributed by atoms with van der Waals surface area (Å²) in [7, 11) is 0. The van der Waals surface area contributed by atoms with Gasteiger partial charge in [-0.25, -0.2) is 4.98 Å². The van der Waals surface area contributed by atoms with Crippen LogP contribution < -0.4 is 0 Å². The quantitative estimate of drug-likeness (QED) is 0.706. The maximum atomic E-state index is 5.73. The molecular formula is C12H18N2O. The second kappa shape index (κ2) is 3.63. The van der Waals surface area contributed by atoms with Crippen LogP contribution in [0.15, 0.2) is 6.20 Å². The molecule has 0 aromatic carbocycles. The van der Waals surface area contributed by atoms with Crippen molar-refractivity contribution in [1.29, 1.82) is 0 Å². The van der Waals surface area contributed by atoms with Gasteiger partial charge in [0, 0.05) is 24.5 Å². The van der Waals surface area contributed by atoms with Crippen molar-refractivity contribution in [2.24, 2.45) is 0 Å². The molecule has 2 atom stereocenters. The highest BCUT2D eigenvalue weighted by Crippen LogP contribution is 2.33. The second-order valence-electron chi connectivity index (χ2n) is 4.72. The number of nitrogens with zero attached hydrogens (tertiary/aromatic N) is 2. The highest BCUT2D eigenvalue weighted by molar-refractivity contribution is 5.12. The molecule has 1 saturated heterocycles. The van der Waals surface area contributed by atoms with Crippen LogP contribution in [-0.2, 0) is 11.2 Å². The van der Waals surface area contributed by atoms with Gasteiger partial charge in [0.15, 0.2) is 0 Å². The van der Waals surface area contributed by atoms with E-state index in [0.29, 0.717) is 6.04 Å². The number of imidazole rings is 1. The van der Waals surface area contributed by atoms with Crippen molar-refractivity contribution in [2.75, 3.05) is 6.61 Å². The lowest BCUT2D eigenvalue weighted by atomic mass is 10.0. The topological polar surface area (TPSA) is 27.1 Å². The fourth-order valence-corrected chi connectivity index (χ4v) is 2.83. The molecule has 0 amide bonds. The summed E-state index contributed by atoms with van der Waals surface area (Å²) in [6.45, 7) is 3.20. The molecular weight excluding hydrogens is 188 g/mol. The Morgan fingerprint density at radius 1 is 1.40 bits per heavy atom. The third-order valence-corrected chi connectivity index (χ3v) is 3.62. The molecule has 3 heterocycles. The first-order chi connectivity index (χ1) is 7.36. The summed E-state index contributed by atoms with van der Waals surface area (Å²) in [4.78, 5) is 4.57. The molecule has 2 aliphatic rings. The smallest absolute Gasteiger partial charge is 0.138 e. The zero-order chi connectivity index (χ0) is 10.3. The first-order valence-corrected chi connectivity index (χ1v) is 6.04. The van der Waals surface area contributed by atoms with E-state index in [4.69, 9.17) is 4.74 Å². The summed E-state index contributed by atoms with van der Waals surface area (Å²) in [5.41, 5.74) is 1.40. The first-order valence-electron chi connectivity index (χ1n) is 6.04. The van der Waals surface area contributed by atoms with Gasteiger partial charge in [0.1, 0.15) is 11.9 Å². The van der Waals surface area contributed by atoms with Crippen LogP contribution in [-0.4, -0.2) is 16.2 Å². The Labute approximate surface area is 90.5 Å². The largest absolute Gasteiger partial charge is 0.370 e. The molecule has 2 unspecified atom stereocenters. The molecule has 82 valence electrons. The Morgan fingerprint density at radius 2 is 2.33 bits per heavy atom. The third kappa shape index (κ3) is 1.49. The van der Waals surface area contributed by atoms with E-state index in [1.807, 2.05) is 6.20 Å². The Hall–Kier alpha value is -0.830. The van der Waals surface area contributed by atoms with Crippen LogP contribution in [0.3, 0.4) is 0 Å². The predicted octanol–water partition coefficient (Wildman–Crippen LogP) is 2.63. The van der Waals surface area contributed by atoms with Crippen LogP contribution in [0.4, 0.5) is 0 Å². The number of hydrogen-bond acceptors (Lipinski definition) is 2. The maximum Gasteiger partial charge on any atom is 0.138 e. The Kier molecular flexibility index (Phi) is 2.28. The molecule has 2 aliphatic heterocycles. The normalized spacial score (nSPS) is 30.5. The van der Waals surface area contributed by atoms with Crippen LogP contribution in [0.2, 0.25) is 0 Å². The van der Waals surface area contributed by atoms with Crippen molar-refractivity contribution in [1.82, 2.24) is 9.55 Å². The number of ether oxygens (including phenoxy) is 1. The minimum atomic E-state index is 0.263. The van der Waals surface area contributed by atoms with Crippen LogP contribution in [0.25, 0.3) is 0 Å². The molecule has 1 aromatic rings. The van der Waals surface area contributed by atoms with E-state index >= 15 is 0 Å². The zero-order valence-corrected chi connectivity index (χ0v) is 9.28. The van der Waals surface area contributed by atoms with Gasteiger partial charge in [-0.1, -0.05) is 0 Å². The van der Waals surface area contributed by atoms with Crippen molar-refractivity contribution in [3.05, 3.63) is 17.7 Å². The molecule has 0 bridgehead atoms. The lowest BCUT2D eigenvalue weighted by Gasteiger charge is -2.25. The number of rotatable bonds is 1. The third-order valence-electron chi connectivity index (χ3n) is 3.62. The van der Waals surface area contributed by atoms with Gasteiger partial charge in [-0.3, -0.25) is 0 Å². The second-order valence-corrected chi connectivity index (χ2v) is 4.72. The number of aryl methyl sites for hydroxylation is 1. The van der Waals surface area contributed by atoms with Gasteiger partial charge >= 0.3 is 0 Å². The molecule has 0 N–H and O–H groups in total. The van der Waals surface area contributed by atoms with Gasteiger partial charge in [-0.15, -0.1) is 0 Å². The SMILES string of the molecule is CC1CCCc2cnc(C3CCCO3)n21. The van der Waals surface area contributed by atoms with Gasteiger partial charge in [0.05, 0.1) is 0 Å². The first kappa shape index (κ1) is 9.40. The average Bonchev–Trinajstić information content (AvgIpc) is 2.85. The summed E-state index contributed by atoms with van der Waals surface area (Å²) in [6.07, 6.45) is 8.40. The molecule has 3 rings (SSSR count). The standard InChI is InChI=1S/C12H18N2O/c1-9-4-2-5-10-8-13-12(14(9)10)11-6-3-7-15-11/h8-9,11H,2-7H2,1H3. The predicted molar refractivity (Wildman–Crippen MR) is 57.8 cm³/mol. The van der Waals surface area contributed by atoms with E-state index < -0.39 is 0 Å². The van der Waals surface area contributed by atoms with E-state index in [0.717, 1.165) is 13.0 Å². The minimum absolute atomic E-state index is 0.263. The molecule has 0 spiro atoms. The van der Waals surface area contributed by atoms with Crippen LogP contribution >= 0.6 is 0 Å². The summed E-state index contributed by atoms with van der Waals surface area (Å²) >= 11 is 0. The summed E-state index contributed by atoms with van der Waals surface area (Å²) < 4.78 is 8.14. The maximum absolute atomic E-state index is 5.73. The van der Waals surface area contributed by atoms with Gasteiger partial charge in [-0.05, 0) is 39.0 Å². The Balaban J connectivity index is 1.97. The zero-order valence-electron chi connectivity index (χ0n) is 9.28. The minimum Gasteiger partial charge on any atom is -0.370 e. The number of hydrogen-bond donors (Lipinski definition) is 0. The van der Waals surface area contributed by atoms with E-state index in [-0.39, 0.29) is 6.10 Å². The highest BCUT2D eigenvalue weighted by Gasteiger charge is 2.27. The molecule has 3 nitrogen and oxygen atoms in total. The average molecular weight is 206 g/mol. The molecule has 0 saturated carbocycles. The lowest BCUT2D eigenvalue weighted by molar-refractivity contribution is 0.0995. The molecule has 3 heteroatoms. The monoisotopic (exact) mass is 206 g/mol. The lowest BCUT2D eigenvalue weighted by Crippen LogP contribution is -2.19. The van der Waals surface area contributed by atoms with Crippen molar-refractivity contribution >= 4 is 0 Å². The van der Waals surface area contributed by atoms with Crippen LogP contribution in [0.5, 0.6) is 0 Å². The van der Waals surface area contributed by atoms with E-state index in [1.165, 1.54) is 37.2 Å². The Bertz CT molecular complexity index is 353. The molecule has 1 fully saturated rings. The van der Waals surface area contributed by atoms with Crippen molar-refractivity contribution in [2.45, 2.75) is 51.2 Å². The number of fused-ring (bicyclic) bond motifs is 1. The van der Waals surface area contributed by atoms with E-state index in [1.54, 1.807) is 0 Å². The van der Waals surface area contributed by atoms with Gasteiger partial charge in [0.25, 0.3) is 0 Å².